The average molecular weight is 305 g/mol. The zero-order valence-corrected chi connectivity index (χ0v) is 12.0. The van der Waals surface area contributed by atoms with E-state index in [1.807, 2.05) is 30.3 Å². The van der Waals surface area contributed by atoms with Gasteiger partial charge in [0.25, 0.3) is 0 Å². The number of carboxylic acid groups (broad SMARTS) is 1. The summed E-state index contributed by atoms with van der Waals surface area (Å²) in [5, 5.41) is 14.5. The van der Waals surface area contributed by atoms with Crippen LogP contribution in [0, 0.1) is 0 Å². The minimum atomic E-state index is -1.00. The molecule has 5 N–H and O–H groups in total. The average Bonchev–Trinajstić information content (AvgIpc) is 2.78. The lowest BCUT2D eigenvalue weighted by atomic mass is 10.0. The summed E-state index contributed by atoms with van der Waals surface area (Å²) in [5.41, 5.74) is 6.36. The van der Waals surface area contributed by atoms with Crippen LogP contribution in [0.15, 0.2) is 30.3 Å². The van der Waals surface area contributed by atoms with Gasteiger partial charge in [-0.15, -0.1) is 0 Å². The number of carbonyl (C=O) groups excluding carboxylic acids is 2. The third kappa shape index (κ3) is 4.29. The van der Waals surface area contributed by atoms with Crippen LogP contribution in [0.5, 0.6) is 0 Å². The second kappa shape index (κ2) is 7.04. The lowest BCUT2D eigenvalue weighted by Crippen LogP contribution is -2.52. The van der Waals surface area contributed by atoms with E-state index in [4.69, 9.17) is 10.8 Å². The van der Waals surface area contributed by atoms with E-state index in [1.54, 1.807) is 0 Å². The molecule has 2 rings (SSSR count). The van der Waals surface area contributed by atoms with Gasteiger partial charge in [0.05, 0.1) is 18.5 Å². The minimum absolute atomic E-state index is 0.135. The number of hydrogen-bond donors (Lipinski definition) is 4. The normalized spacial score (nSPS) is 22.1. The molecule has 1 aromatic rings. The van der Waals surface area contributed by atoms with E-state index in [0.717, 1.165) is 5.56 Å². The van der Waals surface area contributed by atoms with Crippen molar-refractivity contribution < 1.29 is 19.5 Å². The van der Waals surface area contributed by atoms with Crippen molar-refractivity contribution in [3.8, 4) is 0 Å². The van der Waals surface area contributed by atoms with Gasteiger partial charge in [-0.1, -0.05) is 30.3 Å². The second-order valence-electron chi connectivity index (χ2n) is 5.39. The van der Waals surface area contributed by atoms with Crippen molar-refractivity contribution in [2.75, 3.05) is 0 Å². The molecule has 22 heavy (non-hydrogen) atoms. The van der Waals surface area contributed by atoms with E-state index in [0.29, 0.717) is 6.42 Å². The van der Waals surface area contributed by atoms with E-state index in [1.165, 1.54) is 0 Å². The van der Waals surface area contributed by atoms with Crippen LogP contribution >= 0.6 is 0 Å². The first-order valence-corrected chi connectivity index (χ1v) is 7.06. The van der Waals surface area contributed by atoms with Crippen LogP contribution in [-0.4, -0.2) is 41.0 Å². The molecule has 0 aromatic heterocycles. The van der Waals surface area contributed by atoms with Crippen molar-refractivity contribution in [1.29, 1.82) is 0 Å². The number of amides is 2. The molecule has 0 bridgehead atoms. The summed E-state index contributed by atoms with van der Waals surface area (Å²) in [5.74, 6) is -1.76. The van der Waals surface area contributed by atoms with Crippen LogP contribution in [0.1, 0.15) is 18.4 Å². The SMILES string of the molecule is NC(=O)[C@H](Cc1ccccc1)N[C@@H]1CC(=O)N[C@H]1CC(=O)O. The number of hydrogen-bond acceptors (Lipinski definition) is 4. The molecule has 0 radical (unpaired) electrons. The van der Waals surface area contributed by atoms with E-state index in [2.05, 4.69) is 10.6 Å². The van der Waals surface area contributed by atoms with Crippen LogP contribution < -0.4 is 16.4 Å². The Morgan fingerprint density at radius 1 is 1.36 bits per heavy atom. The van der Waals surface area contributed by atoms with Gasteiger partial charge in [-0.2, -0.15) is 0 Å². The van der Waals surface area contributed by atoms with Gasteiger partial charge >= 0.3 is 5.97 Å². The van der Waals surface area contributed by atoms with Crippen molar-refractivity contribution in [1.82, 2.24) is 10.6 Å². The highest BCUT2D eigenvalue weighted by Gasteiger charge is 2.35. The summed E-state index contributed by atoms with van der Waals surface area (Å²) in [6, 6.07) is 7.74. The third-order valence-electron chi connectivity index (χ3n) is 3.67. The van der Waals surface area contributed by atoms with E-state index in [-0.39, 0.29) is 18.7 Å². The van der Waals surface area contributed by atoms with Gasteiger partial charge in [-0.3, -0.25) is 14.4 Å². The van der Waals surface area contributed by atoms with Gasteiger partial charge in [-0.25, -0.2) is 0 Å². The number of nitrogens with one attached hydrogen (secondary N) is 2. The number of aliphatic carboxylic acids is 1. The fraction of sp³-hybridized carbons (Fsp3) is 0.400. The molecule has 3 atom stereocenters. The van der Waals surface area contributed by atoms with Gasteiger partial charge in [0.2, 0.25) is 11.8 Å². The molecule has 1 aromatic carbocycles. The highest BCUT2D eigenvalue weighted by Crippen LogP contribution is 2.14. The van der Waals surface area contributed by atoms with Crippen LogP contribution in [0.3, 0.4) is 0 Å². The smallest absolute Gasteiger partial charge is 0.305 e. The number of benzene rings is 1. The predicted molar refractivity (Wildman–Crippen MR) is 78.9 cm³/mol. The molecule has 1 heterocycles. The Labute approximate surface area is 127 Å². The van der Waals surface area contributed by atoms with Crippen LogP contribution in [-0.2, 0) is 20.8 Å². The Bertz CT molecular complexity index is 561. The molecule has 7 nitrogen and oxygen atoms in total. The Balaban J connectivity index is 2.05. The number of primary amides is 1. The molecule has 7 heteroatoms. The summed E-state index contributed by atoms with van der Waals surface area (Å²) >= 11 is 0. The molecular weight excluding hydrogens is 286 g/mol. The first-order chi connectivity index (χ1) is 10.5. The molecule has 1 saturated heterocycles. The van der Waals surface area contributed by atoms with Crippen molar-refractivity contribution in [2.45, 2.75) is 37.4 Å². The Hall–Kier alpha value is -2.41. The van der Waals surface area contributed by atoms with Gasteiger partial charge in [0, 0.05) is 12.5 Å². The largest absolute Gasteiger partial charge is 0.481 e. The zero-order chi connectivity index (χ0) is 16.1. The number of carboxylic acids is 1. The molecule has 0 spiro atoms. The molecule has 0 aliphatic carbocycles. The minimum Gasteiger partial charge on any atom is -0.481 e. The van der Waals surface area contributed by atoms with Crippen LogP contribution in [0.4, 0.5) is 0 Å². The summed E-state index contributed by atoms with van der Waals surface area (Å²) in [7, 11) is 0. The highest BCUT2D eigenvalue weighted by molar-refractivity contribution is 5.83. The third-order valence-corrected chi connectivity index (χ3v) is 3.67. The first kappa shape index (κ1) is 16.0. The van der Waals surface area contributed by atoms with Crippen LogP contribution in [0.2, 0.25) is 0 Å². The summed E-state index contributed by atoms with van der Waals surface area (Å²) in [6.45, 7) is 0. The molecule has 1 aliphatic heterocycles. The van der Waals surface area contributed by atoms with E-state index < -0.39 is 30.0 Å². The number of carbonyl (C=O) groups is 3. The molecule has 0 saturated carbocycles. The maximum absolute atomic E-state index is 11.6. The van der Waals surface area contributed by atoms with Gasteiger partial charge in [-0.05, 0) is 12.0 Å². The van der Waals surface area contributed by atoms with Gasteiger partial charge in [0.15, 0.2) is 0 Å². The van der Waals surface area contributed by atoms with Gasteiger partial charge < -0.3 is 21.5 Å². The fourth-order valence-corrected chi connectivity index (χ4v) is 2.61. The Morgan fingerprint density at radius 2 is 2.05 bits per heavy atom. The van der Waals surface area contributed by atoms with Crippen molar-refractivity contribution in [3.63, 3.8) is 0 Å². The molecule has 0 unspecified atom stereocenters. The Kier molecular flexibility index (Phi) is 5.11. The van der Waals surface area contributed by atoms with Gasteiger partial charge in [0.1, 0.15) is 0 Å². The van der Waals surface area contributed by atoms with Crippen molar-refractivity contribution in [2.24, 2.45) is 5.73 Å². The second-order valence-corrected chi connectivity index (χ2v) is 5.39. The maximum atomic E-state index is 11.6. The zero-order valence-electron chi connectivity index (χ0n) is 12.0. The Morgan fingerprint density at radius 3 is 2.64 bits per heavy atom. The topological polar surface area (TPSA) is 122 Å². The molecule has 118 valence electrons. The fourth-order valence-electron chi connectivity index (χ4n) is 2.61. The first-order valence-electron chi connectivity index (χ1n) is 7.06. The summed E-state index contributed by atoms with van der Waals surface area (Å²) < 4.78 is 0. The summed E-state index contributed by atoms with van der Waals surface area (Å²) in [4.78, 5) is 34.0. The van der Waals surface area contributed by atoms with E-state index >= 15 is 0 Å². The quantitative estimate of drug-likeness (QED) is 0.536. The lowest BCUT2D eigenvalue weighted by molar-refractivity contribution is -0.137. The lowest BCUT2D eigenvalue weighted by Gasteiger charge is -2.24. The standard InChI is InChI=1S/C15H19N3O4/c16-15(22)12(6-9-4-2-1-3-5-9)17-10-7-13(19)18-11(10)8-14(20)21/h1-5,10-12,17H,6-8H2,(H2,16,22)(H,18,19)(H,20,21)/t10-,11+,12+/m1/s1. The van der Waals surface area contributed by atoms with Crippen molar-refractivity contribution >= 4 is 17.8 Å². The monoisotopic (exact) mass is 305 g/mol. The maximum Gasteiger partial charge on any atom is 0.305 e. The number of nitrogens with two attached hydrogens (primary N) is 1. The molecular formula is C15H19N3O4. The van der Waals surface area contributed by atoms with Crippen LogP contribution in [0.25, 0.3) is 0 Å². The van der Waals surface area contributed by atoms with Crippen molar-refractivity contribution in [3.05, 3.63) is 35.9 Å². The summed E-state index contributed by atoms with van der Waals surface area (Å²) in [6.07, 6.45) is 0.331. The molecule has 1 aliphatic rings. The highest BCUT2D eigenvalue weighted by atomic mass is 16.4. The molecule has 1 fully saturated rings. The van der Waals surface area contributed by atoms with E-state index in [9.17, 15) is 14.4 Å². The number of rotatable bonds is 7. The molecule has 2 amide bonds. The predicted octanol–water partition coefficient (Wildman–Crippen LogP) is -0.596.